The van der Waals surface area contributed by atoms with E-state index in [0.29, 0.717) is 12.6 Å². The van der Waals surface area contributed by atoms with Crippen molar-refractivity contribution in [1.82, 2.24) is 10.6 Å². The Bertz CT molecular complexity index is 404. The zero-order valence-corrected chi connectivity index (χ0v) is 10.6. The lowest BCUT2D eigenvalue weighted by atomic mass is 10.1. The lowest BCUT2D eigenvalue weighted by molar-refractivity contribution is -0.120. The van der Waals surface area contributed by atoms with Gasteiger partial charge in [0.05, 0.1) is 6.54 Å². The highest BCUT2D eigenvalue weighted by atomic mass is 35.5. The van der Waals surface area contributed by atoms with Crippen molar-refractivity contribution in [3.63, 3.8) is 0 Å². The van der Waals surface area contributed by atoms with E-state index in [2.05, 4.69) is 10.6 Å². The molecule has 92 valence electrons. The number of nitrogens with one attached hydrogen (secondary N) is 2. The van der Waals surface area contributed by atoms with Gasteiger partial charge < -0.3 is 10.6 Å². The molecule has 2 rings (SSSR count). The molecule has 1 amide bonds. The monoisotopic (exact) mass is 252 g/mol. The predicted molar refractivity (Wildman–Crippen MR) is 69.0 cm³/mol. The Morgan fingerprint density at radius 3 is 2.94 bits per heavy atom. The fourth-order valence-electron chi connectivity index (χ4n) is 1.65. The van der Waals surface area contributed by atoms with Gasteiger partial charge in [-0.1, -0.05) is 23.7 Å². The Balaban J connectivity index is 1.79. The van der Waals surface area contributed by atoms with Crippen molar-refractivity contribution in [1.29, 1.82) is 0 Å². The average Bonchev–Trinajstić information content (AvgIpc) is 3.10. The maximum atomic E-state index is 11.5. The van der Waals surface area contributed by atoms with Gasteiger partial charge in [-0.25, -0.2) is 0 Å². The molecule has 0 saturated heterocycles. The molecule has 0 aromatic heterocycles. The van der Waals surface area contributed by atoms with E-state index in [1.807, 2.05) is 31.2 Å². The highest BCUT2D eigenvalue weighted by Gasteiger charge is 2.23. The Morgan fingerprint density at radius 1 is 1.53 bits per heavy atom. The molecule has 0 radical (unpaired) electrons. The molecule has 0 aliphatic heterocycles. The molecule has 1 aromatic rings. The van der Waals surface area contributed by atoms with Crippen LogP contribution in [-0.2, 0) is 4.79 Å². The molecule has 0 unspecified atom stereocenters. The number of benzene rings is 1. The van der Waals surface area contributed by atoms with Crippen LogP contribution in [0.4, 0.5) is 0 Å². The van der Waals surface area contributed by atoms with Gasteiger partial charge in [0.15, 0.2) is 0 Å². The summed E-state index contributed by atoms with van der Waals surface area (Å²) >= 11 is 5.92. The third-order valence-electron chi connectivity index (χ3n) is 2.86. The van der Waals surface area contributed by atoms with Crippen molar-refractivity contribution < 1.29 is 4.79 Å². The second-order valence-electron chi connectivity index (χ2n) is 4.50. The molecule has 0 bridgehead atoms. The summed E-state index contributed by atoms with van der Waals surface area (Å²) in [4.78, 5) is 11.5. The van der Waals surface area contributed by atoms with E-state index in [1.165, 1.54) is 0 Å². The minimum Gasteiger partial charge on any atom is -0.352 e. The van der Waals surface area contributed by atoms with Gasteiger partial charge >= 0.3 is 0 Å². The van der Waals surface area contributed by atoms with Gasteiger partial charge in [-0.3, -0.25) is 4.79 Å². The lowest BCUT2D eigenvalue weighted by Gasteiger charge is -2.14. The van der Waals surface area contributed by atoms with Crippen molar-refractivity contribution in [3.05, 3.63) is 34.9 Å². The normalized spacial score (nSPS) is 16.6. The Kier molecular flexibility index (Phi) is 4.02. The smallest absolute Gasteiger partial charge is 0.234 e. The SMILES string of the molecule is C[C@@H](NCC(=O)NC1CC1)c1cccc(Cl)c1. The first kappa shape index (κ1) is 12.4. The van der Waals surface area contributed by atoms with Crippen molar-refractivity contribution in [3.8, 4) is 0 Å². The summed E-state index contributed by atoms with van der Waals surface area (Å²) in [5.74, 6) is 0.0707. The van der Waals surface area contributed by atoms with Crippen molar-refractivity contribution in [2.24, 2.45) is 0 Å². The van der Waals surface area contributed by atoms with Crippen molar-refractivity contribution in [2.75, 3.05) is 6.54 Å². The van der Waals surface area contributed by atoms with Gasteiger partial charge in [0.2, 0.25) is 5.91 Å². The van der Waals surface area contributed by atoms with Crippen LogP contribution in [0.15, 0.2) is 24.3 Å². The summed E-state index contributed by atoms with van der Waals surface area (Å²) in [6.45, 7) is 2.38. The molecule has 1 saturated carbocycles. The Morgan fingerprint density at radius 2 is 2.29 bits per heavy atom. The third kappa shape index (κ3) is 4.02. The van der Waals surface area contributed by atoms with Gasteiger partial charge in [-0.05, 0) is 37.5 Å². The molecule has 1 aliphatic rings. The van der Waals surface area contributed by atoms with E-state index in [-0.39, 0.29) is 11.9 Å². The van der Waals surface area contributed by atoms with Crippen LogP contribution in [0.3, 0.4) is 0 Å². The van der Waals surface area contributed by atoms with E-state index in [0.717, 1.165) is 23.4 Å². The van der Waals surface area contributed by atoms with Crippen LogP contribution >= 0.6 is 11.6 Å². The molecule has 3 nitrogen and oxygen atoms in total. The van der Waals surface area contributed by atoms with E-state index in [1.54, 1.807) is 0 Å². The number of amides is 1. The van der Waals surface area contributed by atoms with E-state index < -0.39 is 0 Å². The molecule has 4 heteroatoms. The Labute approximate surface area is 107 Å². The molecular formula is C13H17ClN2O. The fraction of sp³-hybridized carbons (Fsp3) is 0.462. The van der Waals surface area contributed by atoms with Crippen LogP contribution in [-0.4, -0.2) is 18.5 Å². The summed E-state index contributed by atoms with van der Waals surface area (Å²) in [5.41, 5.74) is 1.09. The minimum atomic E-state index is 0.0707. The first-order valence-electron chi connectivity index (χ1n) is 5.93. The highest BCUT2D eigenvalue weighted by Crippen LogP contribution is 2.19. The maximum Gasteiger partial charge on any atom is 0.234 e. The zero-order chi connectivity index (χ0) is 12.3. The van der Waals surface area contributed by atoms with Gasteiger partial charge in [0, 0.05) is 17.1 Å². The number of rotatable bonds is 5. The topological polar surface area (TPSA) is 41.1 Å². The van der Waals surface area contributed by atoms with Crippen LogP contribution in [0.5, 0.6) is 0 Å². The number of carbonyl (C=O) groups is 1. The molecule has 0 spiro atoms. The van der Waals surface area contributed by atoms with E-state index >= 15 is 0 Å². The van der Waals surface area contributed by atoms with Crippen molar-refractivity contribution >= 4 is 17.5 Å². The van der Waals surface area contributed by atoms with Crippen LogP contribution in [0.1, 0.15) is 31.4 Å². The largest absolute Gasteiger partial charge is 0.352 e. The van der Waals surface area contributed by atoms with Crippen LogP contribution < -0.4 is 10.6 Å². The number of halogens is 1. The average molecular weight is 253 g/mol. The van der Waals surface area contributed by atoms with Crippen molar-refractivity contribution in [2.45, 2.75) is 31.8 Å². The quantitative estimate of drug-likeness (QED) is 0.844. The lowest BCUT2D eigenvalue weighted by Crippen LogP contribution is -2.36. The molecule has 1 aromatic carbocycles. The number of carbonyl (C=O) groups excluding carboxylic acids is 1. The van der Waals surface area contributed by atoms with E-state index in [4.69, 9.17) is 11.6 Å². The van der Waals surface area contributed by atoms with Gasteiger partial charge in [-0.2, -0.15) is 0 Å². The van der Waals surface area contributed by atoms with Gasteiger partial charge in [0.25, 0.3) is 0 Å². The van der Waals surface area contributed by atoms with Gasteiger partial charge in [-0.15, -0.1) is 0 Å². The maximum absolute atomic E-state index is 11.5. The molecule has 1 aliphatic carbocycles. The molecular weight excluding hydrogens is 236 g/mol. The fourth-order valence-corrected chi connectivity index (χ4v) is 1.84. The summed E-state index contributed by atoms with van der Waals surface area (Å²) in [6, 6.07) is 8.22. The zero-order valence-electron chi connectivity index (χ0n) is 9.87. The first-order chi connectivity index (χ1) is 8.15. The summed E-state index contributed by atoms with van der Waals surface area (Å²) in [7, 11) is 0. The first-order valence-corrected chi connectivity index (χ1v) is 6.31. The van der Waals surface area contributed by atoms with Crippen LogP contribution in [0.25, 0.3) is 0 Å². The van der Waals surface area contributed by atoms with Crippen LogP contribution in [0.2, 0.25) is 5.02 Å². The molecule has 1 fully saturated rings. The highest BCUT2D eigenvalue weighted by molar-refractivity contribution is 6.30. The molecule has 17 heavy (non-hydrogen) atoms. The summed E-state index contributed by atoms with van der Waals surface area (Å²) in [5, 5.41) is 6.85. The van der Waals surface area contributed by atoms with Crippen LogP contribution in [0, 0.1) is 0 Å². The second-order valence-corrected chi connectivity index (χ2v) is 4.94. The second kappa shape index (κ2) is 5.52. The minimum absolute atomic E-state index is 0.0707. The summed E-state index contributed by atoms with van der Waals surface area (Å²) in [6.07, 6.45) is 2.24. The predicted octanol–water partition coefficient (Wildman–Crippen LogP) is 2.27. The molecule has 0 heterocycles. The number of hydrogen-bond donors (Lipinski definition) is 2. The number of hydrogen-bond acceptors (Lipinski definition) is 2. The third-order valence-corrected chi connectivity index (χ3v) is 3.10. The van der Waals surface area contributed by atoms with E-state index in [9.17, 15) is 4.79 Å². The van der Waals surface area contributed by atoms with Gasteiger partial charge in [0.1, 0.15) is 0 Å². The summed E-state index contributed by atoms with van der Waals surface area (Å²) < 4.78 is 0. The Hall–Kier alpha value is -1.06. The standard InChI is InChI=1S/C13H17ClN2O/c1-9(10-3-2-4-11(14)7-10)15-8-13(17)16-12-5-6-12/h2-4,7,9,12,15H,5-6,8H2,1H3,(H,16,17)/t9-/m1/s1. The molecule has 1 atom stereocenters. The molecule has 2 N–H and O–H groups in total.